The number of carbonyl (C=O) groups is 1. The zero-order valence-electron chi connectivity index (χ0n) is 10.8. The quantitative estimate of drug-likeness (QED) is 0.816. The Morgan fingerprint density at radius 1 is 1.58 bits per heavy atom. The average Bonchev–Trinajstić information content (AvgIpc) is 3.05. The lowest BCUT2D eigenvalue weighted by Gasteiger charge is -1.98. The van der Waals surface area contributed by atoms with Gasteiger partial charge in [0.15, 0.2) is 5.13 Å². The van der Waals surface area contributed by atoms with Gasteiger partial charge in [0.1, 0.15) is 5.76 Å². The standard InChI is InChI=1S/C12H15N3O3S/c1-3-9-5-13-10(18-9)6-14-12-15-8(7-19-12)4-11(16)17-2/h5,7H,3-4,6H2,1-2H3,(H,14,15). The van der Waals surface area contributed by atoms with Crippen LogP contribution in [0.2, 0.25) is 0 Å². The maximum Gasteiger partial charge on any atom is 0.311 e. The average molecular weight is 281 g/mol. The predicted octanol–water partition coefficient (Wildman–Crippen LogP) is 2.02. The maximum absolute atomic E-state index is 11.1. The van der Waals surface area contributed by atoms with Crippen LogP contribution in [0.1, 0.15) is 24.3 Å². The molecule has 0 saturated carbocycles. The van der Waals surface area contributed by atoms with Crippen LogP contribution in [-0.4, -0.2) is 23.0 Å². The molecule has 2 rings (SSSR count). The molecule has 0 aliphatic carbocycles. The van der Waals surface area contributed by atoms with E-state index in [1.165, 1.54) is 18.4 Å². The topological polar surface area (TPSA) is 77.2 Å². The van der Waals surface area contributed by atoms with Gasteiger partial charge in [-0.15, -0.1) is 11.3 Å². The van der Waals surface area contributed by atoms with Crippen molar-refractivity contribution in [1.29, 1.82) is 0 Å². The van der Waals surface area contributed by atoms with E-state index in [4.69, 9.17) is 4.42 Å². The number of esters is 1. The number of rotatable bonds is 6. The lowest BCUT2D eigenvalue weighted by molar-refractivity contribution is -0.139. The minimum absolute atomic E-state index is 0.188. The fourth-order valence-corrected chi connectivity index (χ4v) is 2.14. The number of aryl methyl sites for hydroxylation is 1. The number of carbonyl (C=O) groups excluding carboxylic acids is 1. The lowest BCUT2D eigenvalue weighted by atomic mass is 10.3. The summed E-state index contributed by atoms with van der Waals surface area (Å²) in [4.78, 5) is 19.5. The second kappa shape index (κ2) is 6.33. The molecule has 0 atom stereocenters. The summed E-state index contributed by atoms with van der Waals surface area (Å²) in [6.07, 6.45) is 2.74. The first-order valence-electron chi connectivity index (χ1n) is 5.90. The van der Waals surface area contributed by atoms with E-state index >= 15 is 0 Å². The van der Waals surface area contributed by atoms with Gasteiger partial charge in [0, 0.05) is 11.8 Å². The minimum Gasteiger partial charge on any atom is -0.469 e. The third-order valence-electron chi connectivity index (χ3n) is 2.45. The smallest absolute Gasteiger partial charge is 0.311 e. The number of methoxy groups -OCH3 is 1. The highest BCUT2D eigenvalue weighted by Crippen LogP contribution is 2.17. The van der Waals surface area contributed by atoms with Gasteiger partial charge in [-0.3, -0.25) is 4.79 Å². The van der Waals surface area contributed by atoms with Crippen LogP contribution >= 0.6 is 11.3 Å². The van der Waals surface area contributed by atoms with Crippen LogP contribution in [0, 0.1) is 0 Å². The van der Waals surface area contributed by atoms with Crippen LogP contribution in [0.25, 0.3) is 0 Å². The Balaban J connectivity index is 1.87. The summed E-state index contributed by atoms with van der Waals surface area (Å²) in [5.74, 6) is 1.20. The summed E-state index contributed by atoms with van der Waals surface area (Å²) in [6.45, 7) is 2.49. The molecule has 0 aromatic carbocycles. The van der Waals surface area contributed by atoms with Crippen molar-refractivity contribution >= 4 is 22.4 Å². The Morgan fingerprint density at radius 3 is 3.11 bits per heavy atom. The van der Waals surface area contributed by atoms with Crippen molar-refractivity contribution < 1.29 is 13.9 Å². The minimum atomic E-state index is -0.294. The van der Waals surface area contributed by atoms with E-state index in [-0.39, 0.29) is 12.4 Å². The maximum atomic E-state index is 11.1. The summed E-state index contributed by atoms with van der Waals surface area (Å²) in [6, 6.07) is 0. The zero-order chi connectivity index (χ0) is 13.7. The molecule has 0 spiro atoms. The monoisotopic (exact) mass is 281 g/mol. The number of ether oxygens (including phenoxy) is 1. The summed E-state index contributed by atoms with van der Waals surface area (Å²) < 4.78 is 10.1. The second-order valence-corrected chi connectivity index (χ2v) is 4.68. The van der Waals surface area contributed by atoms with Crippen LogP contribution < -0.4 is 5.32 Å². The molecule has 0 bridgehead atoms. The van der Waals surface area contributed by atoms with Crippen molar-refractivity contribution in [2.45, 2.75) is 26.3 Å². The molecule has 0 unspecified atom stereocenters. The highest BCUT2D eigenvalue weighted by Gasteiger charge is 2.08. The second-order valence-electron chi connectivity index (χ2n) is 3.82. The molecule has 0 saturated heterocycles. The van der Waals surface area contributed by atoms with Crippen molar-refractivity contribution in [3.63, 3.8) is 0 Å². The van der Waals surface area contributed by atoms with E-state index in [9.17, 15) is 4.79 Å². The van der Waals surface area contributed by atoms with Crippen LogP contribution in [-0.2, 0) is 28.9 Å². The zero-order valence-corrected chi connectivity index (χ0v) is 11.6. The number of aromatic nitrogens is 2. The van der Waals surface area contributed by atoms with Gasteiger partial charge in [0.25, 0.3) is 0 Å². The van der Waals surface area contributed by atoms with Crippen molar-refractivity contribution in [3.05, 3.63) is 28.9 Å². The lowest BCUT2D eigenvalue weighted by Crippen LogP contribution is -2.05. The highest BCUT2D eigenvalue weighted by atomic mass is 32.1. The van der Waals surface area contributed by atoms with Crippen molar-refractivity contribution in [2.24, 2.45) is 0 Å². The number of hydrogen-bond acceptors (Lipinski definition) is 7. The summed E-state index contributed by atoms with van der Waals surface area (Å²) in [5.41, 5.74) is 0.695. The fraction of sp³-hybridized carbons (Fsp3) is 0.417. The highest BCUT2D eigenvalue weighted by molar-refractivity contribution is 7.13. The molecular formula is C12H15N3O3S. The van der Waals surface area contributed by atoms with Gasteiger partial charge in [-0.05, 0) is 0 Å². The molecule has 7 heteroatoms. The first-order valence-corrected chi connectivity index (χ1v) is 6.78. The van der Waals surface area contributed by atoms with E-state index < -0.39 is 0 Å². The Labute approximate surface area is 114 Å². The summed E-state index contributed by atoms with van der Waals surface area (Å²) in [5, 5.41) is 5.67. The molecule has 0 radical (unpaired) electrons. The van der Waals surface area contributed by atoms with Crippen LogP contribution in [0.5, 0.6) is 0 Å². The number of thiazole rings is 1. The molecule has 2 aromatic rings. The van der Waals surface area contributed by atoms with E-state index in [2.05, 4.69) is 20.0 Å². The Morgan fingerprint density at radius 2 is 2.42 bits per heavy atom. The molecule has 102 valence electrons. The van der Waals surface area contributed by atoms with Crippen LogP contribution in [0.3, 0.4) is 0 Å². The van der Waals surface area contributed by atoms with Gasteiger partial charge >= 0.3 is 5.97 Å². The first kappa shape index (κ1) is 13.5. The molecule has 2 aromatic heterocycles. The number of nitrogens with zero attached hydrogens (tertiary/aromatic N) is 2. The van der Waals surface area contributed by atoms with Crippen molar-refractivity contribution in [1.82, 2.24) is 9.97 Å². The van der Waals surface area contributed by atoms with E-state index in [1.807, 2.05) is 12.3 Å². The van der Waals surface area contributed by atoms with Crippen LogP contribution in [0.15, 0.2) is 16.0 Å². The molecule has 0 aliphatic heterocycles. The van der Waals surface area contributed by atoms with Gasteiger partial charge in [-0.2, -0.15) is 0 Å². The van der Waals surface area contributed by atoms with Crippen molar-refractivity contribution in [3.8, 4) is 0 Å². The van der Waals surface area contributed by atoms with Gasteiger partial charge in [-0.1, -0.05) is 6.92 Å². The molecule has 1 N–H and O–H groups in total. The van der Waals surface area contributed by atoms with Gasteiger partial charge < -0.3 is 14.5 Å². The van der Waals surface area contributed by atoms with Crippen LogP contribution in [0.4, 0.5) is 5.13 Å². The normalized spacial score (nSPS) is 10.4. The third kappa shape index (κ3) is 3.78. The first-order chi connectivity index (χ1) is 9.21. The molecule has 0 fully saturated rings. The number of nitrogens with one attached hydrogen (secondary N) is 1. The Kier molecular flexibility index (Phi) is 4.51. The molecule has 19 heavy (non-hydrogen) atoms. The Bertz CT molecular complexity index is 550. The third-order valence-corrected chi connectivity index (χ3v) is 3.29. The molecular weight excluding hydrogens is 266 g/mol. The molecule has 6 nitrogen and oxygen atoms in total. The Hall–Kier alpha value is -1.89. The van der Waals surface area contributed by atoms with Crippen molar-refractivity contribution in [2.75, 3.05) is 12.4 Å². The summed E-state index contributed by atoms with van der Waals surface area (Å²) >= 11 is 1.43. The predicted molar refractivity (Wildman–Crippen MR) is 71.0 cm³/mol. The summed E-state index contributed by atoms with van der Waals surface area (Å²) in [7, 11) is 1.36. The van der Waals surface area contributed by atoms with Gasteiger partial charge in [0.05, 0.1) is 32.0 Å². The SMILES string of the molecule is CCc1cnc(CNc2nc(CC(=O)OC)cs2)o1. The van der Waals surface area contributed by atoms with E-state index in [0.29, 0.717) is 18.1 Å². The number of oxazole rings is 1. The number of hydrogen-bond donors (Lipinski definition) is 1. The number of anilines is 1. The van der Waals surface area contributed by atoms with E-state index in [1.54, 1.807) is 6.20 Å². The molecule has 0 aliphatic rings. The van der Waals surface area contributed by atoms with Gasteiger partial charge in [-0.25, -0.2) is 9.97 Å². The fourth-order valence-electron chi connectivity index (χ4n) is 1.43. The molecule has 2 heterocycles. The molecule has 0 amide bonds. The van der Waals surface area contributed by atoms with E-state index in [0.717, 1.165) is 17.3 Å². The van der Waals surface area contributed by atoms with Gasteiger partial charge in [0.2, 0.25) is 5.89 Å². The largest absolute Gasteiger partial charge is 0.469 e.